The van der Waals surface area contributed by atoms with E-state index in [-0.39, 0.29) is 17.1 Å². The van der Waals surface area contributed by atoms with Gasteiger partial charge in [-0.05, 0) is 53.1 Å². The zero-order chi connectivity index (χ0) is 19.5. The van der Waals surface area contributed by atoms with E-state index in [2.05, 4.69) is 21.3 Å². The SMILES string of the molecule is CNCCCNCCNCCCNC.[Cu+2].[O-][Cl+3]([O-])([O-])[O-].[O-][Cl+3]([O-])([O-])[O-]. The van der Waals surface area contributed by atoms with E-state index >= 15 is 0 Å². The minimum atomic E-state index is -4.94. The van der Waals surface area contributed by atoms with Crippen LogP contribution in [0.25, 0.3) is 0 Å². The van der Waals surface area contributed by atoms with Gasteiger partial charge in [0.15, 0.2) is 0 Å². The van der Waals surface area contributed by atoms with Gasteiger partial charge in [0.1, 0.15) is 0 Å². The summed E-state index contributed by atoms with van der Waals surface area (Å²) in [6, 6.07) is 0. The quantitative estimate of drug-likeness (QED) is 0.165. The van der Waals surface area contributed by atoms with E-state index in [1.807, 2.05) is 14.1 Å². The second-order valence-electron chi connectivity index (χ2n) is 4.17. The number of rotatable bonds is 11. The van der Waals surface area contributed by atoms with E-state index in [9.17, 15) is 0 Å². The monoisotopic (exact) mass is 463 g/mol. The van der Waals surface area contributed by atoms with Gasteiger partial charge in [0.25, 0.3) is 0 Å². The van der Waals surface area contributed by atoms with Crippen LogP contribution < -0.4 is 58.5 Å². The molecule has 0 aromatic carbocycles. The minimum absolute atomic E-state index is 0. The summed E-state index contributed by atoms with van der Waals surface area (Å²) in [7, 11) is -5.91. The Labute approximate surface area is 162 Å². The van der Waals surface area contributed by atoms with Crippen LogP contribution in [0.4, 0.5) is 0 Å². The molecule has 25 heavy (non-hydrogen) atoms. The third-order valence-corrected chi connectivity index (χ3v) is 2.04. The molecule has 0 rings (SSSR count). The van der Waals surface area contributed by atoms with Crippen molar-refractivity contribution < 1.29 is 74.8 Å². The normalized spacial score (nSPS) is 10.8. The van der Waals surface area contributed by atoms with E-state index in [1.165, 1.54) is 12.8 Å². The van der Waals surface area contributed by atoms with Crippen LogP contribution in [0, 0.1) is 20.5 Å². The van der Waals surface area contributed by atoms with Gasteiger partial charge in [-0.3, -0.25) is 0 Å². The molecular formula is C10H26Cl2CuN4O8. The second kappa shape index (κ2) is 22.7. The molecule has 0 fully saturated rings. The molecule has 15 heteroatoms. The molecule has 0 aromatic rings. The van der Waals surface area contributed by atoms with Crippen LogP contribution >= 0.6 is 0 Å². The average Bonchev–Trinajstić information content (AvgIpc) is 2.37. The maximum Gasteiger partial charge on any atom is 2.00 e. The molecule has 0 amide bonds. The molecule has 0 aliphatic carbocycles. The van der Waals surface area contributed by atoms with Crippen molar-refractivity contribution in [3.63, 3.8) is 0 Å². The van der Waals surface area contributed by atoms with Gasteiger partial charge < -0.3 is 21.3 Å². The van der Waals surface area contributed by atoms with E-state index in [0.29, 0.717) is 0 Å². The third kappa shape index (κ3) is 93.3. The Hall–Kier alpha value is 0.619. The Kier molecular flexibility index (Phi) is 30.1. The fourth-order valence-electron chi connectivity index (χ4n) is 1.21. The molecule has 0 aliphatic rings. The fourth-order valence-corrected chi connectivity index (χ4v) is 1.21. The summed E-state index contributed by atoms with van der Waals surface area (Å²) >= 11 is 0. The average molecular weight is 465 g/mol. The first-order valence-electron chi connectivity index (χ1n) is 6.86. The van der Waals surface area contributed by atoms with Crippen LogP contribution in [-0.4, -0.2) is 53.4 Å². The Morgan fingerprint density at radius 1 is 0.520 bits per heavy atom. The minimum Gasteiger partial charge on any atom is -0.320 e. The van der Waals surface area contributed by atoms with Crippen molar-refractivity contribution in [2.24, 2.45) is 0 Å². The van der Waals surface area contributed by atoms with E-state index in [0.717, 1.165) is 39.3 Å². The molecule has 0 bridgehead atoms. The van der Waals surface area contributed by atoms with Gasteiger partial charge in [-0.2, -0.15) is 0 Å². The first kappa shape index (κ1) is 33.2. The number of halogens is 2. The summed E-state index contributed by atoms with van der Waals surface area (Å²) in [4.78, 5) is 0. The van der Waals surface area contributed by atoms with E-state index in [1.54, 1.807) is 0 Å². The van der Waals surface area contributed by atoms with Gasteiger partial charge in [0, 0.05) is 13.1 Å². The van der Waals surface area contributed by atoms with Crippen LogP contribution in [0.15, 0.2) is 0 Å². The molecule has 1 radical (unpaired) electrons. The Morgan fingerprint density at radius 2 is 0.760 bits per heavy atom. The second-order valence-corrected chi connectivity index (χ2v) is 5.68. The van der Waals surface area contributed by atoms with Crippen molar-refractivity contribution in [1.29, 1.82) is 0 Å². The zero-order valence-corrected chi connectivity index (χ0v) is 16.4. The molecule has 4 N–H and O–H groups in total. The summed E-state index contributed by atoms with van der Waals surface area (Å²) in [5.74, 6) is 0. The molecule has 0 aromatic heterocycles. The Morgan fingerprint density at radius 3 is 0.960 bits per heavy atom. The largest absolute Gasteiger partial charge is 2.00 e. The molecule has 0 saturated heterocycles. The van der Waals surface area contributed by atoms with Gasteiger partial charge >= 0.3 is 17.1 Å². The van der Waals surface area contributed by atoms with Crippen molar-refractivity contribution in [1.82, 2.24) is 21.3 Å². The van der Waals surface area contributed by atoms with Gasteiger partial charge in [-0.25, -0.2) is 37.3 Å². The smallest absolute Gasteiger partial charge is 0.320 e. The topological polar surface area (TPSA) is 233 Å². The molecule has 0 saturated carbocycles. The molecule has 0 aliphatic heterocycles. The van der Waals surface area contributed by atoms with Crippen LogP contribution in [0.2, 0.25) is 0 Å². The standard InChI is InChI=1S/C10H26N4.2ClHO4.Cu/c1-11-5-3-7-13-9-10-14-8-4-6-12-2;2*2-1(3,4)5;/h11-14H,3-10H2,1-2H3;2*(H,2,3,4,5);/q;;;+2/p-2. The van der Waals surface area contributed by atoms with E-state index < -0.39 is 20.5 Å². The van der Waals surface area contributed by atoms with Crippen LogP contribution in [-0.2, 0) is 17.1 Å². The van der Waals surface area contributed by atoms with Crippen LogP contribution in [0.1, 0.15) is 12.8 Å². The summed E-state index contributed by atoms with van der Waals surface area (Å²) < 4.78 is 67.9. The van der Waals surface area contributed by atoms with Gasteiger partial charge in [-0.1, -0.05) is 0 Å². The first-order chi connectivity index (χ1) is 10.9. The summed E-state index contributed by atoms with van der Waals surface area (Å²) in [6.45, 7) is 6.57. The Balaban J connectivity index is -0.000000166. The maximum atomic E-state index is 8.49. The molecule has 0 spiro atoms. The van der Waals surface area contributed by atoms with Crippen molar-refractivity contribution in [2.75, 3.05) is 53.4 Å². The van der Waals surface area contributed by atoms with Crippen molar-refractivity contribution in [2.45, 2.75) is 12.8 Å². The molecule has 0 heterocycles. The maximum absolute atomic E-state index is 8.49. The zero-order valence-electron chi connectivity index (χ0n) is 14.0. The third-order valence-electron chi connectivity index (χ3n) is 2.04. The predicted molar refractivity (Wildman–Crippen MR) is 62.8 cm³/mol. The van der Waals surface area contributed by atoms with Crippen molar-refractivity contribution in [3.05, 3.63) is 0 Å². The molecular weight excluding hydrogens is 439 g/mol. The van der Waals surface area contributed by atoms with Gasteiger partial charge in [0.2, 0.25) is 0 Å². The molecule has 159 valence electrons. The van der Waals surface area contributed by atoms with Crippen molar-refractivity contribution in [3.8, 4) is 0 Å². The summed E-state index contributed by atoms with van der Waals surface area (Å²) in [5.41, 5.74) is 0. The summed E-state index contributed by atoms with van der Waals surface area (Å²) in [5, 5.41) is 13.0. The summed E-state index contributed by atoms with van der Waals surface area (Å²) in [6.07, 6.45) is 2.41. The van der Waals surface area contributed by atoms with Gasteiger partial charge in [0.05, 0.1) is 0 Å². The molecule has 0 unspecified atom stereocenters. The van der Waals surface area contributed by atoms with Crippen molar-refractivity contribution >= 4 is 0 Å². The molecule has 12 nitrogen and oxygen atoms in total. The fraction of sp³-hybridized carbons (Fsp3) is 1.00. The number of hydrogen-bond acceptors (Lipinski definition) is 12. The number of hydrogen-bond donors (Lipinski definition) is 4. The predicted octanol–water partition coefficient (Wildman–Crippen LogP) is -10.1. The van der Waals surface area contributed by atoms with Crippen LogP contribution in [0.3, 0.4) is 0 Å². The Bertz CT molecular complexity index is 214. The molecule has 0 atom stereocenters. The first-order valence-corrected chi connectivity index (χ1v) is 9.32. The van der Waals surface area contributed by atoms with E-state index in [4.69, 9.17) is 37.3 Å². The number of nitrogens with one attached hydrogen (secondary N) is 4. The van der Waals surface area contributed by atoms with Gasteiger partial charge in [-0.15, -0.1) is 20.5 Å². The van der Waals surface area contributed by atoms with Crippen LogP contribution in [0.5, 0.6) is 0 Å².